The molecule has 1 heterocycles. The van der Waals surface area contributed by atoms with Crippen LogP contribution in [0.15, 0.2) is 66.9 Å². The number of pyridine rings is 1. The summed E-state index contributed by atoms with van der Waals surface area (Å²) in [6.45, 7) is 6.89. The Balaban J connectivity index is 1.78. The van der Waals surface area contributed by atoms with Gasteiger partial charge in [0.15, 0.2) is 0 Å². The molecule has 0 aliphatic carbocycles. The van der Waals surface area contributed by atoms with Gasteiger partial charge in [-0.3, -0.25) is 4.79 Å². The summed E-state index contributed by atoms with van der Waals surface area (Å²) in [7, 11) is 0. The zero-order valence-electron chi connectivity index (χ0n) is 15.4. The lowest BCUT2D eigenvalue weighted by molar-refractivity contribution is 0.102. The predicted molar refractivity (Wildman–Crippen MR) is 107 cm³/mol. The van der Waals surface area contributed by atoms with Gasteiger partial charge >= 0.3 is 0 Å². The van der Waals surface area contributed by atoms with Crippen molar-refractivity contribution < 1.29 is 4.79 Å². The molecule has 0 aliphatic rings. The largest absolute Gasteiger partial charge is 0.341 e. The van der Waals surface area contributed by atoms with Crippen LogP contribution in [-0.4, -0.2) is 17.4 Å². The summed E-state index contributed by atoms with van der Waals surface area (Å²) in [5.74, 6) is -0.201. The summed E-state index contributed by atoms with van der Waals surface area (Å²) in [5.41, 5.74) is 5.42. The maximum absolute atomic E-state index is 12.5. The number of nitrogens with one attached hydrogen (secondary N) is 1. The molecule has 4 nitrogen and oxygen atoms in total. The zero-order valence-corrected chi connectivity index (χ0v) is 15.4. The van der Waals surface area contributed by atoms with E-state index in [0.717, 1.165) is 34.7 Å². The molecule has 2 aromatic carbocycles. The number of carbonyl (C=O) groups excluding carboxylic acids is 1. The third-order valence-corrected chi connectivity index (χ3v) is 4.32. The predicted octanol–water partition coefficient (Wildman–Crippen LogP) is 5.11. The van der Waals surface area contributed by atoms with Gasteiger partial charge in [-0.2, -0.15) is 0 Å². The maximum atomic E-state index is 12.5. The van der Waals surface area contributed by atoms with Crippen LogP contribution in [0.2, 0.25) is 0 Å². The first kappa shape index (κ1) is 17.7. The van der Waals surface area contributed by atoms with Crippen molar-refractivity contribution in [3.05, 3.63) is 83.7 Å². The number of carbonyl (C=O) groups is 1. The van der Waals surface area contributed by atoms with Crippen LogP contribution >= 0.6 is 0 Å². The van der Waals surface area contributed by atoms with E-state index in [-0.39, 0.29) is 5.91 Å². The summed E-state index contributed by atoms with van der Waals surface area (Å²) < 4.78 is 0. The second-order valence-corrected chi connectivity index (χ2v) is 6.25. The van der Waals surface area contributed by atoms with Gasteiger partial charge in [-0.1, -0.05) is 30.3 Å². The lowest BCUT2D eigenvalue weighted by Crippen LogP contribution is -2.18. The van der Waals surface area contributed by atoms with E-state index in [9.17, 15) is 4.79 Å². The third kappa shape index (κ3) is 3.91. The Kier molecular flexibility index (Phi) is 5.32. The molecule has 4 heteroatoms. The van der Waals surface area contributed by atoms with E-state index >= 15 is 0 Å². The monoisotopic (exact) mass is 345 g/mol. The molecule has 0 saturated heterocycles. The first-order chi connectivity index (χ1) is 12.6. The van der Waals surface area contributed by atoms with Gasteiger partial charge in [-0.25, -0.2) is 4.98 Å². The maximum Gasteiger partial charge on any atom is 0.274 e. The summed E-state index contributed by atoms with van der Waals surface area (Å²) in [4.78, 5) is 19.0. The first-order valence-electron chi connectivity index (χ1n) is 8.75. The second-order valence-electron chi connectivity index (χ2n) is 6.25. The number of para-hydroxylation sites is 1. The Bertz CT molecular complexity index is 889. The minimum Gasteiger partial charge on any atom is -0.341 e. The van der Waals surface area contributed by atoms with Crippen LogP contribution in [0.25, 0.3) is 0 Å². The van der Waals surface area contributed by atoms with Crippen LogP contribution in [0.4, 0.5) is 17.1 Å². The summed E-state index contributed by atoms with van der Waals surface area (Å²) in [6, 6.07) is 19.8. The van der Waals surface area contributed by atoms with Crippen LogP contribution < -0.4 is 10.2 Å². The Morgan fingerprint density at radius 1 is 1.00 bits per heavy atom. The molecule has 3 aromatic rings. The molecule has 1 amide bonds. The molecule has 0 atom stereocenters. The Morgan fingerprint density at radius 2 is 1.77 bits per heavy atom. The smallest absolute Gasteiger partial charge is 0.274 e. The highest BCUT2D eigenvalue weighted by molar-refractivity contribution is 6.03. The molecule has 0 spiro atoms. The molecule has 0 saturated carbocycles. The molecule has 0 bridgehead atoms. The van der Waals surface area contributed by atoms with Crippen molar-refractivity contribution in [3.8, 4) is 0 Å². The van der Waals surface area contributed by atoms with Gasteiger partial charge in [-0.15, -0.1) is 0 Å². The van der Waals surface area contributed by atoms with E-state index in [1.165, 1.54) is 0 Å². The highest BCUT2D eigenvalue weighted by atomic mass is 16.1. The van der Waals surface area contributed by atoms with Crippen molar-refractivity contribution >= 4 is 23.0 Å². The van der Waals surface area contributed by atoms with Crippen molar-refractivity contribution in [1.29, 1.82) is 0 Å². The van der Waals surface area contributed by atoms with Crippen LogP contribution in [-0.2, 0) is 0 Å². The molecule has 132 valence electrons. The minimum absolute atomic E-state index is 0.201. The van der Waals surface area contributed by atoms with Crippen LogP contribution in [0.3, 0.4) is 0 Å². The van der Waals surface area contributed by atoms with Gasteiger partial charge in [0.1, 0.15) is 5.69 Å². The minimum atomic E-state index is -0.201. The number of hydrogen-bond acceptors (Lipinski definition) is 3. The van der Waals surface area contributed by atoms with Crippen LogP contribution in [0, 0.1) is 13.8 Å². The van der Waals surface area contributed by atoms with E-state index in [4.69, 9.17) is 0 Å². The van der Waals surface area contributed by atoms with Crippen molar-refractivity contribution in [2.24, 2.45) is 0 Å². The molecule has 0 radical (unpaired) electrons. The lowest BCUT2D eigenvalue weighted by atomic mass is 10.1. The van der Waals surface area contributed by atoms with Crippen LogP contribution in [0.5, 0.6) is 0 Å². The number of nitrogens with zero attached hydrogens (tertiary/aromatic N) is 2. The molecule has 0 unspecified atom stereocenters. The molecule has 0 aliphatic heterocycles. The Hall–Kier alpha value is -3.14. The van der Waals surface area contributed by atoms with Gasteiger partial charge in [0, 0.05) is 17.9 Å². The normalized spacial score (nSPS) is 10.4. The number of anilines is 3. The number of aryl methyl sites for hydroxylation is 2. The summed E-state index contributed by atoms with van der Waals surface area (Å²) in [6.07, 6.45) is 1.74. The van der Waals surface area contributed by atoms with Gasteiger partial charge < -0.3 is 10.2 Å². The highest BCUT2D eigenvalue weighted by Gasteiger charge is 2.12. The van der Waals surface area contributed by atoms with E-state index in [0.29, 0.717) is 5.69 Å². The second kappa shape index (κ2) is 7.83. The SMILES string of the molecule is CCN(c1ccccc1)c1ccc(C(=O)Nc2cc(C)ccc2C)nc1. The fraction of sp³-hybridized carbons (Fsp3) is 0.182. The molecule has 1 aromatic heterocycles. The Labute approximate surface area is 154 Å². The number of amides is 1. The fourth-order valence-corrected chi connectivity index (χ4v) is 2.86. The number of rotatable bonds is 5. The molecule has 0 fully saturated rings. The first-order valence-corrected chi connectivity index (χ1v) is 8.75. The molecular formula is C22H23N3O. The van der Waals surface area contributed by atoms with E-state index in [1.54, 1.807) is 12.3 Å². The van der Waals surface area contributed by atoms with Crippen molar-refractivity contribution in [3.63, 3.8) is 0 Å². The molecule has 3 rings (SSSR count). The van der Waals surface area contributed by atoms with E-state index < -0.39 is 0 Å². The van der Waals surface area contributed by atoms with Gasteiger partial charge in [0.25, 0.3) is 5.91 Å². The molecular weight excluding hydrogens is 322 g/mol. The Morgan fingerprint density at radius 3 is 2.42 bits per heavy atom. The number of benzene rings is 2. The quantitative estimate of drug-likeness (QED) is 0.699. The van der Waals surface area contributed by atoms with E-state index in [2.05, 4.69) is 34.3 Å². The summed E-state index contributed by atoms with van der Waals surface area (Å²) in [5, 5.41) is 2.95. The number of hydrogen-bond donors (Lipinski definition) is 1. The van der Waals surface area contributed by atoms with Gasteiger partial charge in [-0.05, 0) is 62.2 Å². The average Bonchev–Trinajstić information content (AvgIpc) is 2.67. The summed E-state index contributed by atoms with van der Waals surface area (Å²) >= 11 is 0. The highest BCUT2D eigenvalue weighted by Crippen LogP contribution is 2.24. The van der Waals surface area contributed by atoms with Crippen molar-refractivity contribution in [2.45, 2.75) is 20.8 Å². The molecule has 26 heavy (non-hydrogen) atoms. The third-order valence-electron chi connectivity index (χ3n) is 4.32. The number of aromatic nitrogens is 1. The molecule has 1 N–H and O–H groups in total. The van der Waals surface area contributed by atoms with Crippen LogP contribution in [0.1, 0.15) is 28.5 Å². The van der Waals surface area contributed by atoms with Gasteiger partial charge in [0.2, 0.25) is 0 Å². The average molecular weight is 345 g/mol. The van der Waals surface area contributed by atoms with E-state index in [1.807, 2.05) is 56.3 Å². The fourth-order valence-electron chi connectivity index (χ4n) is 2.86. The van der Waals surface area contributed by atoms with Crippen molar-refractivity contribution in [1.82, 2.24) is 4.98 Å². The topological polar surface area (TPSA) is 45.2 Å². The standard InChI is InChI=1S/C22H23N3O/c1-4-25(18-8-6-5-7-9-18)19-12-13-20(23-15-19)22(26)24-21-14-16(2)10-11-17(21)3/h5-15H,4H2,1-3H3,(H,24,26). The van der Waals surface area contributed by atoms with Crippen molar-refractivity contribution in [2.75, 3.05) is 16.8 Å². The lowest BCUT2D eigenvalue weighted by Gasteiger charge is -2.23. The van der Waals surface area contributed by atoms with Gasteiger partial charge in [0.05, 0.1) is 11.9 Å². The zero-order chi connectivity index (χ0) is 18.5.